The van der Waals surface area contributed by atoms with E-state index in [1.54, 1.807) is 12.1 Å². The topological polar surface area (TPSA) is 85.9 Å². The summed E-state index contributed by atoms with van der Waals surface area (Å²) in [5, 5.41) is 5.55. The number of hydrogen-bond acceptors (Lipinski definition) is 6. The van der Waals surface area contributed by atoms with Crippen molar-refractivity contribution in [3.05, 3.63) is 54.6 Å². The number of methoxy groups -OCH3 is 1. The minimum Gasteiger partial charge on any atom is -0.490 e. The Labute approximate surface area is 169 Å². The van der Waals surface area contributed by atoms with Gasteiger partial charge in [-0.05, 0) is 36.5 Å². The number of rotatable bonds is 9. The van der Waals surface area contributed by atoms with E-state index in [-0.39, 0.29) is 23.9 Å². The summed E-state index contributed by atoms with van der Waals surface area (Å²) >= 11 is 5.14. The molecular weight excluding hydrogens is 380 g/mol. The van der Waals surface area contributed by atoms with Gasteiger partial charge < -0.3 is 24.8 Å². The highest BCUT2D eigenvalue weighted by molar-refractivity contribution is 7.80. The molecule has 0 aliphatic heterocycles. The Bertz CT molecular complexity index is 798. The molecule has 0 bridgehead atoms. The second kappa shape index (κ2) is 11.6. The Hall–Kier alpha value is -3.13. The molecule has 0 aliphatic rings. The van der Waals surface area contributed by atoms with Crippen LogP contribution < -0.4 is 20.1 Å². The lowest BCUT2D eigenvalue weighted by atomic mass is 10.3. The number of esters is 1. The van der Waals surface area contributed by atoms with E-state index in [2.05, 4.69) is 15.4 Å². The number of amides is 1. The maximum Gasteiger partial charge on any atom is 0.306 e. The van der Waals surface area contributed by atoms with Crippen LogP contribution >= 0.6 is 12.2 Å². The van der Waals surface area contributed by atoms with Crippen molar-refractivity contribution < 1.29 is 23.8 Å². The summed E-state index contributed by atoms with van der Waals surface area (Å²) in [5.41, 5.74) is 0.612. The second-order valence-electron chi connectivity index (χ2n) is 5.58. The molecule has 7 nitrogen and oxygen atoms in total. The zero-order chi connectivity index (χ0) is 20.2. The van der Waals surface area contributed by atoms with Crippen molar-refractivity contribution in [2.45, 2.75) is 12.8 Å². The molecule has 2 rings (SSSR count). The summed E-state index contributed by atoms with van der Waals surface area (Å²) in [5.74, 6) is 0.515. The fourth-order valence-corrected chi connectivity index (χ4v) is 2.41. The summed E-state index contributed by atoms with van der Waals surface area (Å²) in [7, 11) is 1.27. The first-order chi connectivity index (χ1) is 13.6. The van der Waals surface area contributed by atoms with Gasteiger partial charge in [-0.2, -0.15) is 0 Å². The number of benzene rings is 2. The van der Waals surface area contributed by atoms with Gasteiger partial charge in [-0.15, -0.1) is 0 Å². The van der Waals surface area contributed by atoms with E-state index in [1.165, 1.54) is 7.11 Å². The fraction of sp³-hybridized carbons (Fsp3) is 0.250. The van der Waals surface area contributed by atoms with Crippen LogP contribution in [0.4, 0.5) is 5.69 Å². The number of carbonyl (C=O) groups excluding carboxylic acids is 2. The maximum atomic E-state index is 11.8. The van der Waals surface area contributed by atoms with Crippen molar-refractivity contribution >= 4 is 34.9 Å². The smallest absolute Gasteiger partial charge is 0.306 e. The number of hydrogen-bond donors (Lipinski definition) is 2. The molecule has 28 heavy (non-hydrogen) atoms. The van der Waals surface area contributed by atoms with Gasteiger partial charge in [-0.1, -0.05) is 30.3 Å². The number of nitrogens with one attached hydrogen (secondary N) is 2. The highest BCUT2D eigenvalue weighted by Crippen LogP contribution is 2.23. The van der Waals surface area contributed by atoms with E-state index in [4.69, 9.17) is 21.7 Å². The predicted molar refractivity (Wildman–Crippen MR) is 109 cm³/mol. The van der Waals surface area contributed by atoms with Crippen LogP contribution in [0, 0.1) is 0 Å². The molecule has 0 spiro atoms. The first-order valence-corrected chi connectivity index (χ1v) is 9.06. The van der Waals surface area contributed by atoms with Crippen molar-refractivity contribution in [1.82, 2.24) is 5.32 Å². The second-order valence-corrected chi connectivity index (χ2v) is 5.99. The summed E-state index contributed by atoms with van der Waals surface area (Å²) in [6.07, 6.45) is -0.0183. The predicted octanol–water partition coefficient (Wildman–Crippen LogP) is 2.91. The molecule has 0 aliphatic carbocycles. The molecule has 0 saturated carbocycles. The molecule has 0 fully saturated rings. The van der Waals surface area contributed by atoms with Gasteiger partial charge in [0.1, 0.15) is 24.7 Å². The van der Waals surface area contributed by atoms with E-state index in [1.807, 2.05) is 42.5 Å². The van der Waals surface area contributed by atoms with Crippen LogP contribution in [0.5, 0.6) is 11.5 Å². The largest absolute Gasteiger partial charge is 0.490 e. The standard InChI is InChI=1S/C20H22N2O5S/c1-25-19(24)12-11-18(23)22-20(28)21-16-9-5-6-10-17(16)27-14-13-26-15-7-3-2-4-8-15/h2-10H,11-14H2,1H3,(H2,21,22,23,28). The van der Waals surface area contributed by atoms with Gasteiger partial charge in [-0.3, -0.25) is 9.59 Å². The first-order valence-electron chi connectivity index (χ1n) is 8.66. The van der Waals surface area contributed by atoms with Gasteiger partial charge in [0.2, 0.25) is 5.91 Å². The summed E-state index contributed by atoms with van der Waals surface area (Å²) in [4.78, 5) is 22.9. The molecule has 0 heterocycles. The van der Waals surface area contributed by atoms with Crippen molar-refractivity contribution in [2.24, 2.45) is 0 Å². The maximum absolute atomic E-state index is 11.8. The Morgan fingerprint density at radius 1 is 0.929 bits per heavy atom. The van der Waals surface area contributed by atoms with Gasteiger partial charge in [-0.25, -0.2) is 0 Å². The molecule has 0 radical (unpaired) electrons. The normalized spacial score (nSPS) is 9.89. The zero-order valence-corrected chi connectivity index (χ0v) is 16.3. The highest BCUT2D eigenvalue weighted by Gasteiger charge is 2.10. The summed E-state index contributed by atoms with van der Waals surface area (Å²) < 4.78 is 15.8. The van der Waals surface area contributed by atoms with E-state index in [0.717, 1.165) is 5.75 Å². The number of thiocarbonyl (C=S) groups is 1. The third-order valence-corrected chi connectivity index (χ3v) is 3.73. The lowest BCUT2D eigenvalue weighted by Gasteiger charge is -2.14. The lowest BCUT2D eigenvalue weighted by Crippen LogP contribution is -2.34. The van der Waals surface area contributed by atoms with Crippen LogP contribution in [0.15, 0.2) is 54.6 Å². The zero-order valence-electron chi connectivity index (χ0n) is 15.5. The van der Waals surface area contributed by atoms with Gasteiger partial charge in [0.15, 0.2) is 5.11 Å². The summed E-state index contributed by atoms with van der Waals surface area (Å²) in [6.45, 7) is 0.721. The van der Waals surface area contributed by atoms with Gasteiger partial charge in [0, 0.05) is 6.42 Å². The quantitative estimate of drug-likeness (QED) is 0.379. The average molecular weight is 402 g/mol. The number of carbonyl (C=O) groups is 2. The third-order valence-electron chi connectivity index (χ3n) is 3.52. The monoisotopic (exact) mass is 402 g/mol. The SMILES string of the molecule is COC(=O)CCC(=O)NC(=S)Nc1ccccc1OCCOc1ccccc1. The third kappa shape index (κ3) is 7.63. The van der Waals surface area contributed by atoms with Crippen molar-refractivity contribution in [2.75, 3.05) is 25.6 Å². The Kier molecular flexibility index (Phi) is 8.74. The van der Waals surface area contributed by atoms with Gasteiger partial charge in [0.05, 0.1) is 19.2 Å². The number of anilines is 1. The van der Waals surface area contributed by atoms with E-state index < -0.39 is 5.97 Å². The molecule has 148 valence electrons. The molecule has 0 unspecified atom stereocenters. The summed E-state index contributed by atoms with van der Waals surface area (Å²) in [6, 6.07) is 16.7. The van der Waals surface area contributed by atoms with Crippen LogP contribution in [0.25, 0.3) is 0 Å². The Balaban J connectivity index is 1.79. The Morgan fingerprint density at radius 3 is 2.36 bits per heavy atom. The van der Waals surface area contributed by atoms with Gasteiger partial charge >= 0.3 is 5.97 Å². The van der Waals surface area contributed by atoms with Crippen molar-refractivity contribution in [3.63, 3.8) is 0 Å². The molecule has 2 aromatic carbocycles. The molecule has 0 saturated heterocycles. The molecular formula is C20H22N2O5S. The van der Waals surface area contributed by atoms with Crippen LogP contribution in [0.3, 0.4) is 0 Å². The lowest BCUT2D eigenvalue weighted by molar-refractivity contribution is -0.142. The highest BCUT2D eigenvalue weighted by atomic mass is 32.1. The molecule has 8 heteroatoms. The number of para-hydroxylation sites is 3. The minimum absolute atomic E-state index is 0.00788. The van der Waals surface area contributed by atoms with Crippen LogP contribution in [0.2, 0.25) is 0 Å². The molecule has 0 aromatic heterocycles. The molecule has 2 aromatic rings. The van der Waals surface area contributed by atoms with E-state index in [0.29, 0.717) is 24.7 Å². The fourth-order valence-electron chi connectivity index (χ4n) is 2.18. The first kappa shape index (κ1) is 21.2. The van der Waals surface area contributed by atoms with Crippen LogP contribution in [-0.2, 0) is 14.3 Å². The Morgan fingerprint density at radius 2 is 1.61 bits per heavy atom. The molecule has 2 N–H and O–H groups in total. The van der Waals surface area contributed by atoms with Crippen molar-refractivity contribution in [3.8, 4) is 11.5 Å². The average Bonchev–Trinajstić information content (AvgIpc) is 2.71. The van der Waals surface area contributed by atoms with E-state index >= 15 is 0 Å². The molecule has 0 atom stereocenters. The van der Waals surface area contributed by atoms with Gasteiger partial charge in [0.25, 0.3) is 0 Å². The van der Waals surface area contributed by atoms with Crippen LogP contribution in [0.1, 0.15) is 12.8 Å². The number of ether oxygens (including phenoxy) is 3. The molecule has 1 amide bonds. The van der Waals surface area contributed by atoms with E-state index in [9.17, 15) is 9.59 Å². The van der Waals surface area contributed by atoms with Crippen LogP contribution in [-0.4, -0.2) is 37.3 Å². The minimum atomic E-state index is -0.453. The van der Waals surface area contributed by atoms with Crippen molar-refractivity contribution in [1.29, 1.82) is 0 Å².